The van der Waals surface area contributed by atoms with Crippen molar-refractivity contribution in [2.75, 3.05) is 19.7 Å². The molecule has 1 unspecified atom stereocenters. The Kier molecular flexibility index (Phi) is 2.51. The van der Waals surface area contributed by atoms with Gasteiger partial charge in [0, 0.05) is 6.42 Å². The lowest BCUT2D eigenvalue weighted by atomic mass is 9.90. The second kappa shape index (κ2) is 3.57. The molecule has 2 rings (SSSR count). The molecule has 0 aromatic rings. The van der Waals surface area contributed by atoms with E-state index in [1.54, 1.807) is 0 Å². The van der Waals surface area contributed by atoms with Crippen LogP contribution in [0.2, 0.25) is 0 Å². The highest BCUT2D eigenvalue weighted by atomic mass is 19.3. The maximum Gasteiger partial charge on any atom is 0.407 e. The molecular formula is C8H11F2NO4. The number of alkyl halides is 2. The first-order valence-electron chi connectivity index (χ1n) is 4.56. The number of nitrogens with zero attached hydrogens (tertiary/aromatic N) is 1. The molecule has 1 atom stereocenters. The van der Waals surface area contributed by atoms with Crippen molar-refractivity contribution in [1.82, 2.24) is 4.90 Å². The van der Waals surface area contributed by atoms with Crippen LogP contribution in [0.4, 0.5) is 13.6 Å². The second-order valence-corrected chi connectivity index (χ2v) is 3.86. The minimum Gasteiger partial charge on any atom is -0.465 e. The number of rotatable bonds is 2. The molecule has 1 spiro atoms. The monoisotopic (exact) mass is 223 g/mol. The van der Waals surface area contributed by atoms with E-state index in [9.17, 15) is 13.6 Å². The van der Waals surface area contributed by atoms with Crippen molar-refractivity contribution in [2.45, 2.75) is 24.7 Å². The number of hydrogen-bond donors (Lipinski definition) is 1. The standard InChI is InChI=1S/C8H11F2NO4/c9-6(10)15-5-1-8(14-2-5)3-11(4-8)7(12)13/h5-6H,1-4H2,(H,12,13). The van der Waals surface area contributed by atoms with Gasteiger partial charge in [0.2, 0.25) is 0 Å². The molecule has 0 aromatic carbocycles. The summed E-state index contributed by atoms with van der Waals surface area (Å²) in [7, 11) is 0. The maximum absolute atomic E-state index is 11.9. The highest BCUT2D eigenvalue weighted by Crippen LogP contribution is 2.36. The Morgan fingerprint density at radius 2 is 2.27 bits per heavy atom. The van der Waals surface area contributed by atoms with Crippen LogP contribution in [0.25, 0.3) is 0 Å². The fraction of sp³-hybridized carbons (Fsp3) is 0.875. The Hall–Kier alpha value is -0.950. The van der Waals surface area contributed by atoms with Crippen LogP contribution in [-0.2, 0) is 9.47 Å². The molecule has 2 aliphatic rings. The molecule has 5 nitrogen and oxygen atoms in total. The summed E-state index contributed by atoms with van der Waals surface area (Å²) < 4.78 is 33.4. The van der Waals surface area contributed by atoms with Crippen molar-refractivity contribution in [3.05, 3.63) is 0 Å². The van der Waals surface area contributed by atoms with Gasteiger partial charge in [-0.1, -0.05) is 0 Å². The van der Waals surface area contributed by atoms with Crippen molar-refractivity contribution in [3.63, 3.8) is 0 Å². The van der Waals surface area contributed by atoms with Crippen LogP contribution in [0.3, 0.4) is 0 Å². The lowest BCUT2D eigenvalue weighted by molar-refractivity contribution is -0.161. The van der Waals surface area contributed by atoms with Crippen molar-refractivity contribution < 1.29 is 28.2 Å². The molecule has 0 bridgehead atoms. The van der Waals surface area contributed by atoms with Gasteiger partial charge in [-0.25, -0.2) is 4.79 Å². The summed E-state index contributed by atoms with van der Waals surface area (Å²) in [5, 5.41) is 8.61. The highest BCUT2D eigenvalue weighted by molar-refractivity contribution is 5.66. The lowest BCUT2D eigenvalue weighted by Crippen LogP contribution is -2.63. The van der Waals surface area contributed by atoms with Crippen LogP contribution in [0, 0.1) is 0 Å². The van der Waals surface area contributed by atoms with Crippen LogP contribution < -0.4 is 0 Å². The zero-order chi connectivity index (χ0) is 11.1. The molecule has 0 aromatic heterocycles. The fourth-order valence-electron chi connectivity index (χ4n) is 2.04. The van der Waals surface area contributed by atoms with Crippen molar-refractivity contribution in [2.24, 2.45) is 0 Å². The van der Waals surface area contributed by atoms with Gasteiger partial charge in [0.05, 0.1) is 25.8 Å². The number of hydrogen-bond acceptors (Lipinski definition) is 3. The summed E-state index contributed by atoms with van der Waals surface area (Å²) in [6, 6.07) is 0. The SMILES string of the molecule is O=C(O)N1CC2(CC(OC(F)F)CO2)C1. The molecular weight excluding hydrogens is 212 g/mol. The molecule has 86 valence electrons. The van der Waals surface area contributed by atoms with E-state index in [-0.39, 0.29) is 19.7 Å². The first kappa shape index (κ1) is 10.6. The minimum absolute atomic E-state index is 0.109. The van der Waals surface area contributed by atoms with E-state index >= 15 is 0 Å². The number of carboxylic acid groups (broad SMARTS) is 1. The van der Waals surface area contributed by atoms with E-state index in [0.29, 0.717) is 6.42 Å². The first-order valence-corrected chi connectivity index (χ1v) is 4.56. The summed E-state index contributed by atoms with van der Waals surface area (Å²) in [4.78, 5) is 11.7. The third kappa shape index (κ3) is 2.03. The Labute approximate surface area is 84.6 Å². The molecule has 0 aliphatic carbocycles. The molecule has 0 saturated carbocycles. The maximum atomic E-state index is 11.9. The Balaban J connectivity index is 1.81. The molecule has 1 N–H and O–H groups in total. The lowest BCUT2D eigenvalue weighted by Gasteiger charge is -2.45. The van der Waals surface area contributed by atoms with Gasteiger partial charge in [-0.15, -0.1) is 0 Å². The van der Waals surface area contributed by atoms with E-state index in [2.05, 4.69) is 4.74 Å². The third-order valence-electron chi connectivity index (χ3n) is 2.70. The predicted molar refractivity (Wildman–Crippen MR) is 43.8 cm³/mol. The summed E-state index contributed by atoms with van der Waals surface area (Å²) in [6.45, 7) is -2.21. The molecule has 15 heavy (non-hydrogen) atoms. The van der Waals surface area contributed by atoms with E-state index in [4.69, 9.17) is 9.84 Å². The van der Waals surface area contributed by atoms with E-state index in [0.717, 1.165) is 0 Å². The molecule has 2 saturated heterocycles. The largest absolute Gasteiger partial charge is 0.465 e. The Morgan fingerprint density at radius 3 is 2.80 bits per heavy atom. The average Bonchev–Trinajstić information content (AvgIpc) is 2.44. The van der Waals surface area contributed by atoms with E-state index in [1.807, 2.05) is 0 Å². The van der Waals surface area contributed by atoms with Gasteiger partial charge in [-0.05, 0) is 0 Å². The molecule has 1 amide bonds. The highest BCUT2D eigenvalue weighted by Gasteiger charge is 2.52. The van der Waals surface area contributed by atoms with E-state index in [1.165, 1.54) is 4.90 Å². The van der Waals surface area contributed by atoms with Crippen molar-refractivity contribution >= 4 is 6.09 Å². The van der Waals surface area contributed by atoms with Crippen LogP contribution >= 0.6 is 0 Å². The number of halogens is 2. The first-order chi connectivity index (χ1) is 7.01. The second-order valence-electron chi connectivity index (χ2n) is 3.86. The smallest absolute Gasteiger partial charge is 0.407 e. The minimum atomic E-state index is -2.80. The topological polar surface area (TPSA) is 59.0 Å². The third-order valence-corrected chi connectivity index (χ3v) is 2.70. The van der Waals surface area contributed by atoms with Gasteiger partial charge in [-0.3, -0.25) is 0 Å². The van der Waals surface area contributed by atoms with Crippen molar-refractivity contribution in [3.8, 4) is 0 Å². The number of amides is 1. The Bertz CT molecular complexity index is 267. The van der Waals surface area contributed by atoms with Gasteiger partial charge in [0.1, 0.15) is 5.60 Å². The van der Waals surface area contributed by atoms with Gasteiger partial charge in [-0.2, -0.15) is 8.78 Å². The van der Waals surface area contributed by atoms with Crippen LogP contribution in [0.15, 0.2) is 0 Å². The van der Waals surface area contributed by atoms with Crippen LogP contribution in [0.1, 0.15) is 6.42 Å². The summed E-state index contributed by atoms with van der Waals surface area (Å²) >= 11 is 0. The van der Waals surface area contributed by atoms with Crippen LogP contribution in [0.5, 0.6) is 0 Å². The molecule has 0 radical (unpaired) electrons. The van der Waals surface area contributed by atoms with Gasteiger partial charge in [0.15, 0.2) is 0 Å². The molecule has 2 aliphatic heterocycles. The summed E-state index contributed by atoms with van der Waals surface area (Å²) in [6.07, 6.45) is -1.30. The van der Waals surface area contributed by atoms with Gasteiger partial charge >= 0.3 is 12.7 Å². The predicted octanol–water partition coefficient (Wildman–Crippen LogP) is 0.747. The van der Waals surface area contributed by atoms with Crippen LogP contribution in [-0.4, -0.2) is 54.1 Å². The zero-order valence-electron chi connectivity index (χ0n) is 7.86. The summed E-state index contributed by atoms with van der Waals surface area (Å²) in [5.74, 6) is 0. The zero-order valence-corrected chi connectivity index (χ0v) is 7.86. The molecule has 2 heterocycles. The van der Waals surface area contributed by atoms with Gasteiger partial charge < -0.3 is 19.5 Å². The van der Waals surface area contributed by atoms with Crippen molar-refractivity contribution in [1.29, 1.82) is 0 Å². The fourth-order valence-corrected chi connectivity index (χ4v) is 2.04. The quantitative estimate of drug-likeness (QED) is 0.750. The molecule has 2 fully saturated rings. The van der Waals surface area contributed by atoms with Gasteiger partial charge in [0.25, 0.3) is 0 Å². The summed E-state index contributed by atoms with van der Waals surface area (Å²) in [5.41, 5.74) is -0.585. The number of ether oxygens (including phenoxy) is 2. The van der Waals surface area contributed by atoms with E-state index < -0.39 is 24.4 Å². The Morgan fingerprint density at radius 1 is 1.60 bits per heavy atom. The number of carbonyl (C=O) groups is 1. The number of likely N-dealkylation sites (tertiary alicyclic amines) is 1. The molecule has 7 heteroatoms. The average molecular weight is 223 g/mol. The normalized spacial score (nSPS) is 28.5.